The van der Waals surface area contributed by atoms with Gasteiger partial charge in [-0.3, -0.25) is 14.5 Å². The fourth-order valence-corrected chi connectivity index (χ4v) is 3.52. The Morgan fingerprint density at radius 2 is 1.96 bits per heavy atom. The van der Waals surface area contributed by atoms with Gasteiger partial charge in [-0.25, -0.2) is 4.98 Å². The van der Waals surface area contributed by atoms with Crippen molar-refractivity contribution in [1.82, 2.24) is 25.1 Å². The summed E-state index contributed by atoms with van der Waals surface area (Å²) in [7, 11) is 0. The molecule has 0 aliphatic carbocycles. The van der Waals surface area contributed by atoms with Crippen LogP contribution in [-0.4, -0.2) is 71.7 Å². The average Bonchev–Trinajstić information content (AvgIpc) is 3.08. The van der Waals surface area contributed by atoms with Crippen molar-refractivity contribution in [3.8, 4) is 0 Å². The van der Waals surface area contributed by atoms with Crippen molar-refractivity contribution in [3.05, 3.63) is 17.2 Å². The fraction of sp³-hybridized carbons (Fsp3) is 0.737. The maximum Gasteiger partial charge on any atom is 0.287 e. The molecule has 27 heavy (non-hydrogen) atoms. The quantitative estimate of drug-likeness (QED) is 0.734. The number of imidazole rings is 1. The van der Waals surface area contributed by atoms with Gasteiger partial charge in [0.15, 0.2) is 5.82 Å². The van der Waals surface area contributed by atoms with Gasteiger partial charge in [0.2, 0.25) is 0 Å². The zero-order valence-electron chi connectivity index (χ0n) is 16.4. The van der Waals surface area contributed by atoms with Crippen molar-refractivity contribution in [3.63, 3.8) is 0 Å². The first-order valence-corrected chi connectivity index (χ1v) is 10.1. The molecule has 0 saturated carbocycles. The van der Waals surface area contributed by atoms with E-state index in [2.05, 4.69) is 20.5 Å². The summed E-state index contributed by atoms with van der Waals surface area (Å²) in [4.78, 5) is 32.0. The number of nitrogens with zero attached hydrogens (tertiary/aromatic N) is 3. The van der Waals surface area contributed by atoms with Crippen molar-refractivity contribution < 1.29 is 14.3 Å². The first kappa shape index (κ1) is 19.8. The van der Waals surface area contributed by atoms with E-state index in [1.54, 1.807) is 0 Å². The van der Waals surface area contributed by atoms with Gasteiger partial charge in [-0.05, 0) is 32.6 Å². The summed E-state index contributed by atoms with van der Waals surface area (Å²) >= 11 is 0. The molecule has 0 aromatic carbocycles. The minimum Gasteiger partial charge on any atom is -0.379 e. The number of morpholine rings is 1. The number of rotatable bonds is 7. The molecular formula is C19H31N5O3. The second-order valence-corrected chi connectivity index (χ2v) is 7.33. The summed E-state index contributed by atoms with van der Waals surface area (Å²) in [6, 6.07) is 0.0832. The topological polar surface area (TPSA) is 88.5 Å². The maximum absolute atomic E-state index is 12.7. The third-order valence-corrected chi connectivity index (χ3v) is 5.34. The Labute approximate surface area is 160 Å². The minimum absolute atomic E-state index is 0.0832. The van der Waals surface area contributed by atoms with Gasteiger partial charge < -0.3 is 19.9 Å². The van der Waals surface area contributed by atoms with Gasteiger partial charge in [0.1, 0.15) is 5.69 Å². The smallest absolute Gasteiger partial charge is 0.287 e. The Hall–Kier alpha value is -1.93. The van der Waals surface area contributed by atoms with E-state index in [1.807, 2.05) is 18.4 Å². The number of hydrogen-bond donors (Lipinski definition) is 2. The van der Waals surface area contributed by atoms with Crippen LogP contribution in [0.3, 0.4) is 0 Å². The van der Waals surface area contributed by atoms with Crippen LogP contribution in [-0.2, 0) is 17.7 Å². The van der Waals surface area contributed by atoms with Crippen LogP contribution in [0.15, 0.2) is 0 Å². The third kappa shape index (κ3) is 4.87. The lowest BCUT2D eigenvalue weighted by atomic mass is 10.1. The van der Waals surface area contributed by atoms with E-state index in [9.17, 15) is 9.59 Å². The van der Waals surface area contributed by atoms with E-state index in [0.717, 1.165) is 70.8 Å². The SMILES string of the molecule is CCC(C)NC(=O)c1nc(C(=O)NCCN2CCOCC2)c2n1CCCC2. The summed E-state index contributed by atoms with van der Waals surface area (Å²) in [5, 5.41) is 5.93. The van der Waals surface area contributed by atoms with Crippen molar-refractivity contribution in [2.45, 2.75) is 52.1 Å². The van der Waals surface area contributed by atoms with Gasteiger partial charge in [0.05, 0.1) is 18.9 Å². The minimum atomic E-state index is -0.195. The highest BCUT2D eigenvalue weighted by Gasteiger charge is 2.27. The standard InChI is InChI=1S/C19H31N5O3/c1-3-14(2)21-19(26)17-22-16(15-6-4-5-8-24(15)17)18(25)20-7-9-23-10-12-27-13-11-23/h14H,3-13H2,1-2H3,(H,20,25)(H,21,26). The van der Waals surface area contributed by atoms with Crippen LogP contribution < -0.4 is 10.6 Å². The zero-order valence-corrected chi connectivity index (χ0v) is 16.4. The summed E-state index contributed by atoms with van der Waals surface area (Å²) in [5.74, 6) is -0.0142. The Balaban J connectivity index is 1.66. The molecule has 1 aromatic rings. The highest BCUT2D eigenvalue weighted by atomic mass is 16.5. The molecule has 2 amide bonds. The van der Waals surface area contributed by atoms with Crippen LogP contribution in [0.1, 0.15) is 59.9 Å². The number of carbonyl (C=O) groups excluding carboxylic acids is 2. The van der Waals surface area contributed by atoms with Crippen molar-refractivity contribution >= 4 is 11.8 Å². The van der Waals surface area contributed by atoms with Gasteiger partial charge in [0, 0.05) is 38.8 Å². The van der Waals surface area contributed by atoms with E-state index < -0.39 is 0 Å². The molecule has 150 valence electrons. The van der Waals surface area contributed by atoms with Gasteiger partial charge >= 0.3 is 0 Å². The first-order chi connectivity index (χ1) is 13.1. The molecule has 8 heteroatoms. The lowest BCUT2D eigenvalue weighted by molar-refractivity contribution is 0.0383. The second-order valence-electron chi connectivity index (χ2n) is 7.33. The van der Waals surface area contributed by atoms with Crippen LogP contribution in [0.5, 0.6) is 0 Å². The van der Waals surface area contributed by atoms with E-state index in [1.165, 1.54) is 0 Å². The van der Waals surface area contributed by atoms with Crippen LogP contribution >= 0.6 is 0 Å². The normalized spacial score (nSPS) is 18.6. The van der Waals surface area contributed by atoms with E-state index >= 15 is 0 Å². The number of aromatic nitrogens is 2. The van der Waals surface area contributed by atoms with Gasteiger partial charge in [-0.1, -0.05) is 6.92 Å². The molecule has 1 saturated heterocycles. The van der Waals surface area contributed by atoms with E-state index in [-0.39, 0.29) is 17.9 Å². The maximum atomic E-state index is 12.7. The Kier molecular flexibility index (Phi) is 6.84. The molecule has 1 aromatic heterocycles. The van der Waals surface area contributed by atoms with Crippen LogP contribution in [0.25, 0.3) is 0 Å². The number of fused-ring (bicyclic) bond motifs is 1. The summed E-state index contributed by atoms with van der Waals surface area (Å²) < 4.78 is 7.27. The molecule has 1 fully saturated rings. The molecule has 2 aliphatic rings. The van der Waals surface area contributed by atoms with Gasteiger partial charge in [-0.15, -0.1) is 0 Å². The molecular weight excluding hydrogens is 346 g/mol. The second kappa shape index (κ2) is 9.32. The monoisotopic (exact) mass is 377 g/mol. The first-order valence-electron chi connectivity index (χ1n) is 10.1. The number of ether oxygens (including phenoxy) is 1. The Morgan fingerprint density at radius 1 is 1.19 bits per heavy atom. The molecule has 0 radical (unpaired) electrons. The van der Waals surface area contributed by atoms with E-state index in [4.69, 9.17) is 4.74 Å². The number of nitrogens with one attached hydrogen (secondary N) is 2. The average molecular weight is 377 g/mol. The lowest BCUT2D eigenvalue weighted by Gasteiger charge is -2.26. The largest absolute Gasteiger partial charge is 0.379 e. The highest BCUT2D eigenvalue weighted by molar-refractivity contribution is 5.97. The number of amides is 2. The molecule has 0 bridgehead atoms. The molecule has 2 N–H and O–H groups in total. The molecule has 1 unspecified atom stereocenters. The fourth-order valence-electron chi connectivity index (χ4n) is 3.52. The predicted octanol–water partition coefficient (Wildman–Crippen LogP) is 0.810. The lowest BCUT2D eigenvalue weighted by Crippen LogP contribution is -2.41. The number of carbonyl (C=O) groups is 2. The Morgan fingerprint density at radius 3 is 2.70 bits per heavy atom. The highest BCUT2D eigenvalue weighted by Crippen LogP contribution is 2.21. The number of hydrogen-bond acceptors (Lipinski definition) is 5. The molecule has 3 heterocycles. The van der Waals surface area contributed by atoms with E-state index in [0.29, 0.717) is 18.1 Å². The summed E-state index contributed by atoms with van der Waals surface area (Å²) in [6.07, 6.45) is 3.67. The Bertz CT molecular complexity index is 667. The molecule has 2 aliphatic heterocycles. The van der Waals surface area contributed by atoms with Crippen LogP contribution in [0.2, 0.25) is 0 Å². The predicted molar refractivity (Wildman–Crippen MR) is 102 cm³/mol. The van der Waals surface area contributed by atoms with Gasteiger partial charge in [0.25, 0.3) is 11.8 Å². The zero-order chi connectivity index (χ0) is 19.2. The molecule has 0 spiro atoms. The third-order valence-electron chi connectivity index (χ3n) is 5.34. The summed E-state index contributed by atoms with van der Waals surface area (Å²) in [6.45, 7) is 9.40. The van der Waals surface area contributed by atoms with Crippen molar-refractivity contribution in [2.24, 2.45) is 0 Å². The molecule has 8 nitrogen and oxygen atoms in total. The van der Waals surface area contributed by atoms with Gasteiger partial charge in [-0.2, -0.15) is 0 Å². The molecule has 3 rings (SSSR count). The van der Waals surface area contributed by atoms with Crippen LogP contribution in [0.4, 0.5) is 0 Å². The molecule has 1 atom stereocenters. The van der Waals surface area contributed by atoms with Crippen molar-refractivity contribution in [1.29, 1.82) is 0 Å². The summed E-state index contributed by atoms with van der Waals surface area (Å²) in [5.41, 5.74) is 1.30. The van der Waals surface area contributed by atoms with Crippen LogP contribution in [0, 0.1) is 0 Å². The van der Waals surface area contributed by atoms with Crippen molar-refractivity contribution in [2.75, 3.05) is 39.4 Å².